The lowest BCUT2D eigenvalue weighted by molar-refractivity contribution is -0.137. The molecule has 2 rings (SSSR count). The number of hydrogen-bond donors (Lipinski definition) is 1. The Balaban J connectivity index is 1.81. The van der Waals surface area contributed by atoms with Crippen molar-refractivity contribution in [3.05, 3.63) is 41.5 Å². The zero-order chi connectivity index (χ0) is 17.6. The van der Waals surface area contributed by atoms with E-state index in [1.54, 1.807) is 0 Å². The maximum atomic E-state index is 12.5. The molecule has 1 N–H and O–H groups in total. The Labute approximate surface area is 140 Å². The summed E-state index contributed by atoms with van der Waals surface area (Å²) < 4.78 is 37.5. The topological polar surface area (TPSA) is 32.3 Å². The SMILES string of the molecule is CCCN1CCC(NC(=O)/C=C/c2ccc(C(F)(F)F)cc2)CC1. The quantitative estimate of drug-likeness (QED) is 0.829. The average Bonchev–Trinajstić information content (AvgIpc) is 2.55. The maximum absolute atomic E-state index is 12.5. The highest BCUT2D eigenvalue weighted by molar-refractivity contribution is 5.91. The molecule has 0 unspecified atom stereocenters. The molecular weight excluding hydrogens is 317 g/mol. The van der Waals surface area contributed by atoms with E-state index in [1.807, 2.05) is 0 Å². The van der Waals surface area contributed by atoms with Gasteiger partial charge in [-0.1, -0.05) is 19.1 Å². The molecule has 0 bridgehead atoms. The van der Waals surface area contributed by atoms with Crippen LogP contribution >= 0.6 is 0 Å². The van der Waals surface area contributed by atoms with E-state index in [1.165, 1.54) is 24.3 Å². The number of halogens is 3. The fourth-order valence-corrected chi connectivity index (χ4v) is 2.82. The lowest BCUT2D eigenvalue weighted by Gasteiger charge is -2.31. The number of carbonyl (C=O) groups excluding carboxylic acids is 1. The molecule has 1 saturated heterocycles. The van der Waals surface area contributed by atoms with Crippen molar-refractivity contribution in [2.45, 2.75) is 38.4 Å². The predicted molar refractivity (Wildman–Crippen MR) is 88.4 cm³/mol. The number of likely N-dealkylation sites (tertiary alicyclic amines) is 1. The molecule has 132 valence electrons. The minimum Gasteiger partial charge on any atom is -0.350 e. The highest BCUT2D eigenvalue weighted by Gasteiger charge is 2.29. The molecule has 1 aliphatic heterocycles. The van der Waals surface area contributed by atoms with Gasteiger partial charge < -0.3 is 10.2 Å². The van der Waals surface area contributed by atoms with Crippen molar-refractivity contribution in [2.24, 2.45) is 0 Å². The van der Waals surface area contributed by atoms with Crippen LogP contribution in [0.1, 0.15) is 37.3 Å². The van der Waals surface area contributed by atoms with Gasteiger partial charge in [0.15, 0.2) is 0 Å². The minimum absolute atomic E-state index is 0.169. The molecule has 3 nitrogen and oxygen atoms in total. The summed E-state index contributed by atoms with van der Waals surface area (Å²) in [6.45, 7) is 5.22. The third-order valence-electron chi connectivity index (χ3n) is 4.14. The van der Waals surface area contributed by atoms with Gasteiger partial charge in [0.1, 0.15) is 0 Å². The van der Waals surface area contributed by atoms with Gasteiger partial charge in [-0.25, -0.2) is 0 Å². The van der Waals surface area contributed by atoms with Gasteiger partial charge in [-0.2, -0.15) is 13.2 Å². The van der Waals surface area contributed by atoms with Gasteiger partial charge in [-0.05, 0) is 49.6 Å². The fraction of sp³-hybridized carbons (Fsp3) is 0.500. The Morgan fingerprint density at radius 2 is 1.88 bits per heavy atom. The highest BCUT2D eigenvalue weighted by Crippen LogP contribution is 2.29. The van der Waals surface area contributed by atoms with Crippen molar-refractivity contribution in [3.8, 4) is 0 Å². The summed E-state index contributed by atoms with van der Waals surface area (Å²) in [7, 11) is 0. The molecule has 1 aromatic carbocycles. The first-order chi connectivity index (χ1) is 11.4. The van der Waals surface area contributed by atoms with Crippen molar-refractivity contribution in [1.82, 2.24) is 10.2 Å². The number of carbonyl (C=O) groups is 1. The first kappa shape index (κ1) is 18.5. The summed E-state index contributed by atoms with van der Waals surface area (Å²) in [5, 5.41) is 2.95. The lowest BCUT2D eigenvalue weighted by atomic mass is 10.0. The monoisotopic (exact) mass is 340 g/mol. The Hall–Kier alpha value is -1.82. The van der Waals surface area contributed by atoms with E-state index in [0.717, 1.165) is 51.0 Å². The Kier molecular flexibility index (Phi) is 6.43. The molecule has 0 aliphatic carbocycles. The van der Waals surface area contributed by atoms with Gasteiger partial charge in [0.05, 0.1) is 5.56 Å². The average molecular weight is 340 g/mol. The molecule has 6 heteroatoms. The second-order valence-electron chi connectivity index (χ2n) is 6.08. The number of rotatable bonds is 5. The zero-order valence-electron chi connectivity index (χ0n) is 13.8. The smallest absolute Gasteiger partial charge is 0.350 e. The molecule has 1 heterocycles. The van der Waals surface area contributed by atoms with Gasteiger partial charge in [0.2, 0.25) is 5.91 Å². The van der Waals surface area contributed by atoms with E-state index < -0.39 is 11.7 Å². The van der Waals surface area contributed by atoms with Crippen LogP contribution in [0.5, 0.6) is 0 Å². The van der Waals surface area contributed by atoms with Crippen LogP contribution in [-0.2, 0) is 11.0 Å². The maximum Gasteiger partial charge on any atom is 0.416 e. The standard InChI is InChI=1S/C18H23F3N2O/c1-2-11-23-12-9-16(10-13-23)22-17(24)8-5-14-3-6-15(7-4-14)18(19,20)21/h3-8,16H,2,9-13H2,1H3,(H,22,24)/b8-5+. The molecule has 0 aromatic heterocycles. The molecule has 0 radical (unpaired) electrons. The number of benzene rings is 1. The van der Waals surface area contributed by atoms with E-state index >= 15 is 0 Å². The van der Waals surface area contributed by atoms with E-state index in [0.29, 0.717) is 5.56 Å². The summed E-state index contributed by atoms with van der Waals surface area (Å²) in [5.41, 5.74) is -0.126. The third-order valence-corrected chi connectivity index (χ3v) is 4.14. The van der Waals surface area contributed by atoms with Crippen molar-refractivity contribution in [3.63, 3.8) is 0 Å². The fourth-order valence-electron chi connectivity index (χ4n) is 2.82. The third kappa shape index (κ3) is 5.67. The van der Waals surface area contributed by atoms with Crippen LogP contribution in [0.2, 0.25) is 0 Å². The molecule has 0 saturated carbocycles. The van der Waals surface area contributed by atoms with Gasteiger partial charge in [0, 0.05) is 25.2 Å². The summed E-state index contributed by atoms with van der Waals surface area (Å²) >= 11 is 0. The van der Waals surface area contributed by atoms with Crippen LogP contribution in [0.3, 0.4) is 0 Å². The Morgan fingerprint density at radius 3 is 2.42 bits per heavy atom. The lowest BCUT2D eigenvalue weighted by Crippen LogP contribution is -2.44. The molecule has 0 atom stereocenters. The van der Waals surface area contributed by atoms with Gasteiger partial charge in [-0.15, -0.1) is 0 Å². The van der Waals surface area contributed by atoms with Crippen molar-refractivity contribution >= 4 is 12.0 Å². The summed E-state index contributed by atoms with van der Waals surface area (Å²) in [5.74, 6) is -0.205. The van der Waals surface area contributed by atoms with Crippen LogP contribution in [0, 0.1) is 0 Å². The van der Waals surface area contributed by atoms with Gasteiger partial charge in [0.25, 0.3) is 0 Å². The number of alkyl halides is 3. The zero-order valence-corrected chi connectivity index (χ0v) is 13.8. The molecule has 1 aromatic rings. The second-order valence-corrected chi connectivity index (χ2v) is 6.08. The number of amides is 1. The number of nitrogens with one attached hydrogen (secondary N) is 1. The van der Waals surface area contributed by atoms with Crippen LogP contribution in [0.15, 0.2) is 30.3 Å². The first-order valence-electron chi connectivity index (χ1n) is 8.26. The number of piperidine rings is 1. The van der Waals surface area contributed by atoms with E-state index in [9.17, 15) is 18.0 Å². The molecule has 1 amide bonds. The summed E-state index contributed by atoms with van der Waals surface area (Å²) in [6, 6.07) is 4.91. The molecule has 0 spiro atoms. The minimum atomic E-state index is -4.34. The van der Waals surface area contributed by atoms with Crippen LogP contribution in [0.4, 0.5) is 13.2 Å². The van der Waals surface area contributed by atoms with Crippen LogP contribution in [0.25, 0.3) is 6.08 Å². The molecule has 1 aliphatic rings. The predicted octanol–water partition coefficient (Wildman–Crippen LogP) is 3.71. The van der Waals surface area contributed by atoms with Gasteiger partial charge >= 0.3 is 6.18 Å². The molecule has 1 fully saturated rings. The van der Waals surface area contributed by atoms with E-state index in [-0.39, 0.29) is 11.9 Å². The van der Waals surface area contributed by atoms with Crippen molar-refractivity contribution in [1.29, 1.82) is 0 Å². The van der Waals surface area contributed by atoms with Gasteiger partial charge in [-0.3, -0.25) is 4.79 Å². The van der Waals surface area contributed by atoms with E-state index in [4.69, 9.17) is 0 Å². The van der Waals surface area contributed by atoms with Crippen LogP contribution in [-0.4, -0.2) is 36.5 Å². The largest absolute Gasteiger partial charge is 0.416 e. The molecule has 24 heavy (non-hydrogen) atoms. The van der Waals surface area contributed by atoms with E-state index in [2.05, 4.69) is 17.1 Å². The van der Waals surface area contributed by atoms with Crippen LogP contribution < -0.4 is 5.32 Å². The molecular formula is C18H23F3N2O. The Bertz CT molecular complexity index is 559. The second kappa shape index (κ2) is 8.33. The number of hydrogen-bond acceptors (Lipinski definition) is 2. The summed E-state index contributed by atoms with van der Waals surface area (Å²) in [4.78, 5) is 14.3. The van der Waals surface area contributed by atoms with Crippen molar-refractivity contribution < 1.29 is 18.0 Å². The Morgan fingerprint density at radius 1 is 1.25 bits per heavy atom. The first-order valence-corrected chi connectivity index (χ1v) is 8.26. The number of nitrogens with zero attached hydrogens (tertiary/aromatic N) is 1. The normalized spacial score (nSPS) is 17.3. The summed E-state index contributed by atoms with van der Waals surface area (Å²) in [6.07, 6.45) is 1.56. The highest BCUT2D eigenvalue weighted by atomic mass is 19.4. The van der Waals surface area contributed by atoms with Crippen molar-refractivity contribution in [2.75, 3.05) is 19.6 Å².